The summed E-state index contributed by atoms with van der Waals surface area (Å²) in [5, 5.41) is 5.65. The summed E-state index contributed by atoms with van der Waals surface area (Å²) in [6.07, 6.45) is 0.980. The number of hydrogen-bond donors (Lipinski definition) is 3. The van der Waals surface area contributed by atoms with Gasteiger partial charge in [0.15, 0.2) is 12.6 Å². The van der Waals surface area contributed by atoms with Crippen LogP contribution in [0.5, 0.6) is 0 Å². The molecule has 2 aromatic carbocycles. The fraction of sp³-hybridized carbons (Fsp3) is 0.364. The lowest BCUT2D eigenvalue weighted by Gasteiger charge is -2.22. The molecule has 0 saturated heterocycles. The third-order valence-electron chi connectivity index (χ3n) is 5.04. The van der Waals surface area contributed by atoms with Crippen LogP contribution in [0.15, 0.2) is 48.5 Å². The fourth-order valence-electron chi connectivity index (χ4n) is 2.90. The standard InChI is InChI=1S/C22H28FN3O2/c1-5-15(2)19-11-6-7-12-20(19)25-22(28)16(3)26(4)14-21(27)24-18-10-8-9-17(23)13-18/h6-13,15-16H,5,14H2,1-4H3,(H,24,27)(H,25,28)/p+1/t15-,16-/m1/s1. The number of anilines is 2. The lowest BCUT2D eigenvalue weighted by molar-refractivity contribution is -0.885. The first-order valence-corrected chi connectivity index (χ1v) is 9.59. The molecule has 0 radical (unpaired) electrons. The topological polar surface area (TPSA) is 62.6 Å². The highest BCUT2D eigenvalue weighted by molar-refractivity contribution is 5.95. The van der Waals surface area contributed by atoms with Crippen molar-refractivity contribution in [3.8, 4) is 0 Å². The summed E-state index contributed by atoms with van der Waals surface area (Å²) in [4.78, 5) is 25.6. The Hall–Kier alpha value is -2.73. The largest absolute Gasteiger partial charge is 0.321 e. The summed E-state index contributed by atoms with van der Waals surface area (Å²) in [7, 11) is 1.79. The molecule has 0 aliphatic carbocycles. The zero-order valence-electron chi connectivity index (χ0n) is 16.9. The van der Waals surface area contributed by atoms with Gasteiger partial charge in [-0.25, -0.2) is 4.39 Å². The minimum atomic E-state index is -0.428. The van der Waals surface area contributed by atoms with E-state index < -0.39 is 11.9 Å². The Morgan fingerprint density at radius 3 is 2.46 bits per heavy atom. The number of rotatable bonds is 8. The Morgan fingerprint density at radius 1 is 1.07 bits per heavy atom. The van der Waals surface area contributed by atoms with E-state index in [1.165, 1.54) is 18.2 Å². The Bertz CT molecular complexity index is 825. The molecule has 0 spiro atoms. The molecule has 0 bridgehead atoms. The number of halogens is 1. The van der Waals surface area contributed by atoms with Crippen LogP contribution in [0, 0.1) is 5.82 Å². The summed E-state index contributed by atoms with van der Waals surface area (Å²) >= 11 is 0. The highest BCUT2D eigenvalue weighted by Gasteiger charge is 2.25. The van der Waals surface area contributed by atoms with Crippen LogP contribution in [0.4, 0.5) is 15.8 Å². The number of benzene rings is 2. The molecular weight excluding hydrogens is 357 g/mol. The lowest BCUT2D eigenvalue weighted by Crippen LogP contribution is -3.14. The third kappa shape index (κ3) is 5.89. The molecule has 0 aliphatic heterocycles. The van der Waals surface area contributed by atoms with Crippen molar-refractivity contribution in [3.63, 3.8) is 0 Å². The second-order valence-corrected chi connectivity index (χ2v) is 7.19. The second kappa shape index (κ2) is 9.99. The molecule has 1 unspecified atom stereocenters. The molecular formula is C22H29FN3O2+. The van der Waals surface area contributed by atoms with Crippen molar-refractivity contribution in [1.82, 2.24) is 0 Å². The van der Waals surface area contributed by atoms with Gasteiger partial charge < -0.3 is 15.5 Å². The van der Waals surface area contributed by atoms with E-state index in [0.717, 1.165) is 22.6 Å². The van der Waals surface area contributed by atoms with Crippen LogP contribution in [0.25, 0.3) is 0 Å². The Kier molecular flexibility index (Phi) is 7.70. The number of para-hydroxylation sites is 1. The van der Waals surface area contributed by atoms with E-state index in [-0.39, 0.29) is 18.4 Å². The number of quaternary nitrogens is 1. The van der Waals surface area contributed by atoms with Crippen LogP contribution < -0.4 is 15.5 Å². The van der Waals surface area contributed by atoms with E-state index in [0.29, 0.717) is 11.6 Å². The molecule has 3 atom stereocenters. The molecule has 3 N–H and O–H groups in total. The molecule has 2 rings (SSSR count). The molecule has 0 aliphatic rings. The Labute approximate surface area is 165 Å². The molecule has 28 heavy (non-hydrogen) atoms. The molecule has 2 aromatic rings. The fourth-order valence-corrected chi connectivity index (χ4v) is 2.90. The molecule has 2 amide bonds. The third-order valence-corrected chi connectivity index (χ3v) is 5.04. The maximum absolute atomic E-state index is 13.2. The minimum absolute atomic E-state index is 0.0953. The smallest absolute Gasteiger partial charge is 0.282 e. The first-order chi connectivity index (χ1) is 13.3. The lowest BCUT2D eigenvalue weighted by atomic mass is 9.97. The molecule has 5 nitrogen and oxygen atoms in total. The summed E-state index contributed by atoms with van der Waals surface area (Å²) in [6.45, 7) is 6.12. The average molecular weight is 386 g/mol. The van der Waals surface area contributed by atoms with Crippen molar-refractivity contribution in [3.05, 3.63) is 59.9 Å². The SMILES string of the molecule is CC[C@@H](C)c1ccccc1NC(=O)[C@@H](C)[NH+](C)CC(=O)Nc1cccc(F)c1. The number of nitrogens with one attached hydrogen (secondary N) is 3. The highest BCUT2D eigenvalue weighted by Crippen LogP contribution is 2.26. The molecule has 0 aromatic heterocycles. The van der Waals surface area contributed by atoms with E-state index in [4.69, 9.17) is 0 Å². The predicted octanol–water partition coefficient (Wildman–Crippen LogP) is 2.82. The van der Waals surface area contributed by atoms with Crippen LogP contribution in [-0.4, -0.2) is 31.4 Å². The van der Waals surface area contributed by atoms with Crippen molar-refractivity contribution >= 4 is 23.2 Å². The van der Waals surface area contributed by atoms with E-state index in [1.54, 1.807) is 20.0 Å². The van der Waals surface area contributed by atoms with Gasteiger partial charge in [0.2, 0.25) is 0 Å². The van der Waals surface area contributed by atoms with Crippen LogP contribution in [0.1, 0.15) is 38.7 Å². The van der Waals surface area contributed by atoms with Gasteiger partial charge in [0.05, 0.1) is 7.05 Å². The minimum Gasteiger partial charge on any atom is -0.321 e. The number of hydrogen-bond acceptors (Lipinski definition) is 2. The van der Waals surface area contributed by atoms with Gasteiger partial charge in [-0.2, -0.15) is 0 Å². The van der Waals surface area contributed by atoms with E-state index in [1.807, 2.05) is 24.3 Å². The number of amides is 2. The van der Waals surface area contributed by atoms with Crippen LogP contribution >= 0.6 is 0 Å². The average Bonchev–Trinajstić information content (AvgIpc) is 2.67. The predicted molar refractivity (Wildman–Crippen MR) is 110 cm³/mol. The molecule has 0 fully saturated rings. The van der Waals surface area contributed by atoms with E-state index in [2.05, 4.69) is 24.5 Å². The van der Waals surface area contributed by atoms with Gasteiger partial charge in [-0.15, -0.1) is 0 Å². The van der Waals surface area contributed by atoms with Gasteiger partial charge in [0.1, 0.15) is 5.82 Å². The molecule has 6 heteroatoms. The Morgan fingerprint density at radius 2 is 1.79 bits per heavy atom. The summed E-state index contributed by atoms with van der Waals surface area (Å²) in [5.74, 6) is -0.491. The molecule has 0 saturated carbocycles. The second-order valence-electron chi connectivity index (χ2n) is 7.19. The zero-order valence-corrected chi connectivity index (χ0v) is 16.9. The molecule has 0 heterocycles. The van der Waals surface area contributed by atoms with Gasteiger partial charge in [-0.3, -0.25) is 9.59 Å². The van der Waals surface area contributed by atoms with E-state index >= 15 is 0 Å². The quantitative estimate of drug-likeness (QED) is 0.653. The highest BCUT2D eigenvalue weighted by atomic mass is 19.1. The monoisotopic (exact) mass is 386 g/mol. The zero-order chi connectivity index (χ0) is 20.7. The maximum atomic E-state index is 13.2. The number of likely N-dealkylation sites (N-methyl/N-ethyl adjacent to an activating group) is 1. The van der Waals surface area contributed by atoms with Gasteiger partial charge in [-0.1, -0.05) is 38.1 Å². The van der Waals surface area contributed by atoms with Gasteiger partial charge >= 0.3 is 0 Å². The number of carbonyl (C=O) groups is 2. The maximum Gasteiger partial charge on any atom is 0.282 e. The van der Waals surface area contributed by atoms with Gasteiger partial charge in [0.25, 0.3) is 11.8 Å². The molecule has 150 valence electrons. The van der Waals surface area contributed by atoms with Crippen LogP contribution in [0.3, 0.4) is 0 Å². The Balaban J connectivity index is 1.96. The van der Waals surface area contributed by atoms with Crippen LogP contribution in [0.2, 0.25) is 0 Å². The van der Waals surface area contributed by atoms with E-state index in [9.17, 15) is 14.0 Å². The summed E-state index contributed by atoms with van der Waals surface area (Å²) in [6, 6.07) is 13.1. The van der Waals surface area contributed by atoms with Gasteiger partial charge in [0, 0.05) is 11.4 Å². The first-order valence-electron chi connectivity index (χ1n) is 9.59. The van der Waals surface area contributed by atoms with Gasteiger partial charge in [-0.05, 0) is 49.1 Å². The van der Waals surface area contributed by atoms with Crippen molar-refractivity contribution < 1.29 is 18.9 Å². The van der Waals surface area contributed by atoms with Crippen molar-refractivity contribution in [2.24, 2.45) is 0 Å². The van der Waals surface area contributed by atoms with Crippen molar-refractivity contribution in [2.75, 3.05) is 24.2 Å². The normalized spacial score (nSPS) is 14.0. The first kappa shape index (κ1) is 21.6. The number of carbonyl (C=O) groups excluding carboxylic acids is 2. The summed E-state index contributed by atoms with van der Waals surface area (Å²) in [5.41, 5.74) is 2.31. The summed E-state index contributed by atoms with van der Waals surface area (Å²) < 4.78 is 13.2. The van der Waals surface area contributed by atoms with Crippen molar-refractivity contribution in [2.45, 2.75) is 39.2 Å². The van der Waals surface area contributed by atoms with Crippen LogP contribution in [-0.2, 0) is 9.59 Å². The van der Waals surface area contributed by atoms with Crippen molar-refractivity contribution in [1.29, 1.82) is 0 Å².